The molecule has 4 aromatic rings. The zero-order valence-electron chi connectivity index (χ0n) is 15.8. The third-order valence-electron chi connectivity index (χ3n) is 4.93. The van der Waals surface area contributed by atoms with Crippen molar-refractivity contribution >= 4 is 16.8 Å². The molecule has 0 saturated heterocycles. The largest absolute Gasteiger partial charge is 0.344 e. The normalized spacial score (nSPS) is 11.8. The standard InChI is InChI=1S/C22H26N4/c1-16(2)23-13-6-14-25-21(18-11-9-17(3)10-12-18)15-26-20-8-5-4-7-19(20)24-22(25)26/h4-5,7-12,15-16,23H,6,13-14H2,1-3H3/p+1. The summed E-state index contributed by atoms with van der Waals surface area (Å²) in [6.45, 7) is 8.73. The first kappa shape index (κ1) is 16.9. The van der Waals surface area contributed by atoms with E-state index in [1.54, 1.807) is 0 Å². The first-order valence-corrected chi connectivity index (χ1v) is 9.50. The van der Waals surface area contributed by atoms with E-state index in [1.165, 1.54) is 22.3 Å². The van der Waals surface area contributed by atoms with Crippen molar-refractivity contribution in [1.29, 1.82) is 0 Å². The lowest BCUT2D eigenvalue weighted by atomic mass is 10.1. The van der Waals surface area contributed by atoms with Gasteiger partial charge in [0, 0.05) is 19.2 Å². The Balaban J connectivity index is 1.78. The number of para-hydroxylation sites is 2. The number of aryl methyl sites for hydroxylation is 2. The molecule has 0 aliphatic heterocycles. The number of rotatable bonds is 6. The van der Waals surface area contributed by atoms with Gasteiger partial charge in [-0.25, -0.2) is 4.98 Å². The predicted octanol–water partition coefficient (Wildman–Crippen LogP) is 3.63. The zero-order chi connectivity index (χ0) is 18.1. The SMILES string of the molecule is Cc1ccc(-c2cn3c4ccccc4nc3n2CCC[NH2+]C(C)C)cc1. The summed E-state index contributed by atoms with van der Waals surface area (Å²) in [4.78, 5) is 4.91. The van der Waals surface area contributed by atoms with Crippen molar-refractivity contribution in [2.45, 2.75) is 39.8 Å². The number of nitrogens with two attached hydrogens (primary N) is 1. The molecule has 4 heteroatoms. The summed E-state index contributed by atoms with van der Waals surface area (Å²) < 4.78 is 4.61. The maximum atomic E-state index is 4.91. The highest BCUT2D eigenvalue weighted by molar-refractivity contribution is 5.81. The molecule has 0 unspecified atom stereocenters. The van der Waals surface area contributed by atoms with Gasteiger partial charge in [0.25, 0.3) is 0 Å². The topological polar surface area (TPSA) is 38.8 Å². The Hall–Kier alpha value is -2.59. The van der Waals surface area contributed by atoms with Gasteiger partial charge in [0.15, 0.2) is 0 Å². The average Bonchev–Trinajstić information content (AvgIpc) is 3.16. The van der Waals surface area contributed by atoms with Crippen LogP contribution in [-0.2, 0) is 6.54 Å². The molecule has 4 rings (SSSR count). The minimum atomic E-state index is 0.644. The van der Waals surface area contributed by atoms with E-state index in [-0.39, 0.29) is 0 Å². The number of quaternary nitrogens is 1. The van der Waals surface area contributed by atoms with E-state index in [4.69, 9.17) is 4.98 Å². The number of hydrogen-bond acceptors (Lipinski definition) is 1. The molecule has 0 radical (unpaired) electrons. The third kappa shape index (κ3) is 3.13. The molecule has 2 heterocycles. The molecule has 4 nitrogen and oxygen atoms in total. The predicted molar refractivity (Wildman–Crippen MR) is 107 cm³/mol. The van der Waals surface area contributed by atoms with E-state index in [9.17, 15) is 0 Å². The monoisotopic (exact) mass is 347 g/mol. The molecule has 0 aliphatic rings. The highest BCUT2D eigenvalue weighted by Crippen LogP contribution is 2.27. The molecule has 0 fully saturated rings. The number of hydrogen-bond donors (Lipinski definition) is 1. The summed E-state index contributed by atoms with van der Waals surface area (Å²) in [6, 6.07) is 17.8. The van der Waals surface area contributed by atoms with Crippen LogP contribution in [0.15, 0.2) is 54.7 Å². The molecule has 0 spiro atoms. The zero-order valence-corrected chi connectivity index (χ0v) is 15.8. The fraction of sp³-hybridized carbons (Fsp3) is 0.318. The minimum Gasteiger partial charge on any atom is -0.344 e. The van der Waals surface area contributed by atoms with Crippen LogP contribution in [0.3, 0.4) is 0 Å². The first-order valence-electron chi connectivity index (χ1n) is 9.50. The van der Waals surface area contributed by atoms with E-state index in [0.29, 0.717) is 6.04 Å². The van der Waals surface area contributed by atoms with Crippen LogP contribution in [0.2, 0.25) is 0 Å². The molecule has 2 aromatic carbocycles. The van der Waals surface area contributed by atoms with Gasteiger partial charge in [0.2, 0.25) is 5.78 Å². The highest BCUT2D eigenvalue weighted by atomic mass is 15.2. The number of aromatic nitrogens is 3. The molecule has 26 heavy (non-hydrogen) atoms. The Morgan fingerprint density at radius 3 is 2.58 bits per heavy atom. The van der Waals surface area contributed by atoms with Gasteiger partial charge in [-0.05, 0) is 38.5 Å². The van der Waals surface area contributed by atoms with Crippen LogP contribution in [0, 0.1) is 6.92 Å². The molecule has 0 aliphatic carbocycles. The van der Waals surface area contributed by atoms with Gasteiger partial charge in [0.05, 0.1) is 29.3 Å². The van der Waals surface area contributed by atoms with Crippen LogP contribution < -0.4 is 5.32 Å². The van der Waals surface area contributed by atoms with Gasteiger partial charge < -0.3 is 9.88 Å². The first-order chi connectivity index (χ1) is 12.6. The van der Waals surface area contributed by atoms with Crippen molar-refractivity contribution in [2.24, 2.45) is 0 Å². The van der Waals surface area contributed by atoms with Crippen molar-refractivity contribution in [1.82, 2.24) is 14.0 Å². The third-order valence-corrected chi connectivity index (χ3v) is 4.93. The summed E-state index contributed by atoms with van der Waals surface area (Å²) in [6.07, 6.45) is 3.37. The smallest absolute Gasteiger partial charge is 0.215 e. The summed E-state index contributed by atoms with van der Waals surface area (Å²) >= 11 is 0. The second-order valence-electron chi connectivity index (χ2n) is 7.42. The quantitative estimate of drug-likeness (QED) is 0.532. The second kappa shape index (κ2) is 6.96. The Labute approximate surface area is 154 Å². The van der Waals surface area contributed by atoms with Crippen molar-refractivity contribution in [3.8, 4) is 11.3 Å². The molecular formula is C22H27N4+. The van der Waals surface area contributed by atoms with Crippen LogP contribution in [0.25, 0.3) is 28.1 Å². The second-order valence-corrected chi connectivity index (χ2v) is 7.42. The Morgan fingerprint density at radius 2 is 1.81 bits per heavy atom. The number of nitrogens with zero attached hydrogens (tertiary/aromatic N) is 3. The van der Waals surface area contributed by atoms with E-state index in [0.717, 1.165) is 30.8 Å². The number of fused-ring (bicyclic) bond motifs is 3. The Morgan fingerprint density at radius 1 is 1.04 bits per heavy atom. The molecule has 0 saturated carbocycles. The van der Waals surface area contributed by atoms with Crippen LogP contribution in [0.4, 0.5) is 0 Å². The molecule has 2 N–H and O–H groups in total. The van der Waals surface area contributed by atoms with Gasteiger partial charge in [-0.15, -0.1) is 0 Å². The van der Waals surface area contributed by atoms with Crippen molar-refractivity contribution in [2.75, 3.05) is 6.54 Å². The molecule has 0 atom stereocenters. The molecule has 134 valence electrons. The number of imidazole rings is 2. The van der Waals surface area contributed by atoms with Gasteiger partial charge in [-0.3, -0.25) is 4.40 Å². The summed E-state index contributed by atoms with van der Waals surface area (Å²) in [5, 5.41) is 2.40. The summed E-state index contributed by atoms with van der Waals surface area (Å²) in [5.41, 5.74) is 6.00. The van der Waals surface area contributed by atoms with Crippen LogP contribution in [0.5, 0.6) is 0 Å². The van der Waals surface area contributed by atoms with Gasteiger partial charge >= 0.3 is 0 Å². The maximum Gasteiger partial charge on any atom is 0.215 e. The summed E-state index contributed by atoms with van der Waals surface area (Å²) in [5.74, 6) is 1.03. The van der Waals surface area contributed by atoms with Crippen LogP contribution in [-0.4, -0.2) is 26.5 Å². The van der Waals surface area contributed by atoms with E-state index >= 15 is 0 Å². The fourth-order valence-electron chi connectivity index (χ4n) is 3.52. The highest BCUT2D eigenvalue weighted by Gasteiger charge is 2.15. The fourth-order valence-corrected chi connectivity index (χ4v) is 3.52. The van der Waals surface area contributed by atoms with Crippen molar-refractivity contribution in [3.63, 3.8) is 0 Å². The lowest BCUT2D eigenvalue weighted by Gasteiger charge is -2.10. The molecule has 2 aromatic heterocycles. The molecule has 0 amide bonds. The number of benzene rings is 2. The summed E-state index contributed by atoms with van der Waals surface area (Å²) in [7, 11) is 0. The van der Waals surface area contributed by atoms with Crippen molar-refractivity contribution < 1.29 is 5.32 Å². The Bertz CT molecular complexity index is 1020. The van der Waals surface area contributed by atoms with E-state index in [2.05, 4.69) is 89.8 Å². The van der Waals surface area contributed by atoms with E-state index in [1.807, 2.05) is 0 Å². The molecular weight excluding hydrogens is 320 g/mol. The van der Waals surface area contributed by atoms with Gasteiger partial charge in [-0.1, -0.05) is 42.0 Å². The lowest BCUT2D eigenvalue weighted by molar-refractivity contribution is -0.683. The van der Waals surface area contributed by atoms with Gasteiger partial charge in [0.1, 0.15) is 0 Å². The minimum absolute atomic E-state index is 0.644. The van der Waals surface area contributed by atoms with Crippen LogP contribution in [0.1, 0.15) is 25.8 Å². The lowest BCUT2D eigenvalue weighted by Crippen LogP contribution is -2.88. The molecule has 0 bridgehead atoms. The maximum absolute atomic E-state index is 4.91. The Kier molecular flexibility index (Phi) is 4.51. The van der Waals surface area contributed by atoms with Gasteiger partial charge in [-0.2, -0.15) is 0 Å². The van der Waals surface area contributed by atoms with E-state index < -0.39 is 0 Å². The average molecular weight is 347 g/mol. The van der Waals surface area contributed by atoms with Crippen molar-refractivity contribution in [3.05, 3.63) is 60.3 Å². The van der Waals surface area contributed by atoms with Crippen LogP contribution >= 0.6 is 0 Å².